The van der Waals surface area contributed by atoms with Gasteiger partial charge in [0.15, 0.2) is 0 Å². The lowest BCUT2D eigenvalue weighted by atomic mass is 9.89. The highest BCUT2D eigenvalue weighted by Gasteiger charge is 2.13. The van der Waals surface area contributed by atoms with E-state index in [2.05, 4.69) is 9.98 Å². The van der Waals surface area contributed by atoms with E-state index in [1.165, 1.54) is 0 Å². The van der Waals surface area contributed by atoms with Gasteiger partial charge in [0, 0.05) is 0 Å². The summed E-state index contributed by atoms with van der Waals surface area (Å²) in [6, 6.07) is 7.46. The summed E-state index contributed by atoms with van der Waals surface area (Å²) in [6.45, 7) is 7.95. The molecule has 2 aromatic carbocycles. The first-order chi connectivity index (χ1) is 10.5. The molecular formula is C18H16N2O2. The first-order valence-corrected chi connectivity index (χ1v) is 6.86. The van der Waals surface area contributed by atoms with E-state index in [1.807, 2.05) is 52.0 Å². The standard InChI is InChI=1S/C18H16N2O2/c1-11-5-15(19-9-21)6-12(2)17(11)18-13(3)7-16(20-10-22)8-14(18)4/h5-8H,1-4H3. The summed E-state index contributed by atoms with van der Waals surface area (Å²) in [5.74, 6) is 0. The average Bonchev–Trinajstić information content (AvgIpc) is 2.41. The van der Waals surface area contributed by atoms with Crippen LogP contribution in [0.2, 0.25) is 0 Å². The smallest absolute Gasteiger partial charge is 0.211 e. The molecule has 0 atom stereocenters. The van der Waals surface area contributed by atoms with E-state index in [1.54, 1.807) is 12.2 Å². The monoisotopic (exact) mass is 292 g/mol. The van der Waals surface area contributed by atoms with Crippen LogP contribution in [0.4, 0.5) is 11.4 Å². The van der Waals surface area contributed by atoms with Gasteiger partial charge in [-0.1, -0.05) is 0 Å². The molecule has 0 aliphatic rings. The molecule has 0 heterocycles. The Morgan fingerprint density at radius 2 is 0.909 bits per heavy atom. The van der Waals surface area contributed by atoms with Crippen LogP contribution >= 0.6 is 0 Å². The van der Waals surface area contributed by atoms with Gasteiger partial charge in [-0.3, -0.25) is 0 Å². The zero-order chi connectivity index (χ0) is 16.3. The van der Waals surface area contributed by atoms with Crippen LogP contribution in [0.3, 0.4) is 0 Å². The summed E-state index contributed by atoms with van der Waals surface area (Å²) < 4.78 is 0. The highest BCUT2D eigenvalue weighted by atomic mass is 16.1. The van der Waals surface area contributed by atoms with Crippen LogP contribution in [0.5, 0.6) is 0 Å². The average molecular weight is 292 g/mol. The number of aryl methyl sites for hydroxylation is 4. The Labute approximate surface area is 129 Å². The van der Waals surface area contributed by atoms with Gasteiger partial charge in [0.05, 0.1) is 11.4 Å². The van der Waals surface area contributed by atoms with Crippen LogP contribution in [0.15, 0.2) is 34.3 Å². The van der Waals surface area contributed by atoms with E-state index in [9.17, 15) is 9.59 Å². The van der Waals surface area contributed by atoms with Gasteiger partial charge < -0.3 is 0 Å². The third kappa shape index (κ3) is 2.94. The molecule has 110 valence electrons. The quantitative estimate of drug-likeness (QED) is 0.616. The van der Waals surface area contributed by atoms with Crippen LogP contribution in [0, 0.1) is 27.7 Å². The highest BCUT2D eigenvalue weighted by molar-refractivity contribution is 5.80. The lowest BCUT2D eigenvalue weighted by molar-refractivity contribution is 0.564. The first kappa shape index (κ1) is 15.6. The normalized spacial score (nSPS) is 9.82. The van der Waals surface area contributed by atoms with E-state index in [4.69, 9.17) is 0 Å². The van der Waals surface area contributed by atoms with Gasteiger partial charge >= 0.3 is 0 Å². The Balaban J connectivity index is 2.72. The molecule has 0 aliphatic carbocycles. The summed E-state index contributed by atoms with van der Waals surface area (Å²) in [5.41, 5.74) is 7.57. The lowest BCUT2D eigenvalue weighted by Gasteiger charge is -2.16. The fourth-order valence-electron chi connectivity index (χ4n) is 2.90. The molecule has 4 nitrogen and oxygen atoms in total. The fraction of sp³-hybridized carbons (Fsp3) is 0.222. The summed E-state index contributed by atoms with van der Waals surface area (Å²) in [5, 5.41) is 0. The third-order valence-electron chi connectivity index (χ3n) is 3.63. The van der Waals surface area contributed by atoms with Gasteiger partial charge in [0.1, 0.15) is 0 Å². The Morgan fingerprint density at radius 3 is 1.14 bits per heavy atom. The third-order valence-corrected chi connectivity index (χ3v) is 3.63. The van der Waals surface area contributed by atoms with Crippen LogP contribution in [-0.2, 0) is 9.59 Å². The minimum absolute atomic E-state index is 0.603. The number of isocyanates is 2. The highest BCUT2D eigenvalue weighted by Crippen LogP contribution is 2.36. The lowest BCUT2D eigenvalue weighted by Crippen LogP contribution is -1.94. The molecule has 0 saturated heterocycles. The van der Waals surface area contributed by atoms with E-state index in [-0.39, 0.29) is 0 Å². The van der Waals surface area contributed by atoms with Crippen molar-refractivity contribution in [1.82, 2.24) is 0 Å². The van der Waals surface area contributed by atoms with E-state index in [0.717, 1.165) is 33.4 Å². The maximum Gasteiger partial charge on any atom is 0.240 e. The molecule has 0 aliphatic heterocycles. The molecule has 0 N–H and O–H groups in total. The van der Waals surface area contributed by atoms with Crippen molar-refractivity contribution in [2.75, 3.05) is 0 Å². The molecule has 0 unspecified atom stereocenters. The van der Waals surface area contributed by atoms with E-state index >= 15 is 0 Å². The topological polar surface area (TPSA) is 58.9 Å². The van der Waals surface area contributed by atoms with E-state index in [0.29, 0.717) is 11.4 Å². The molecule has 2 rings (SSSR count). The predicted octanol–water partition coefficient (Wildman–Crippen LogP) is 4.52. The van der Waals surface area contributed by atoms with Gasteiger partial charge in [0.2, 0.25) is 12.2 Å². The Hall–Kier alpha value is -2.80. The number of carbonyl (C=O) groups excluding carboxylic acids is 2. The largest absolute Gasteiger partial charge is 0.240 e. The van der Waals surface area contributed by atoms with Crippen molar-refractivity contribution in [3.05, 3.63) is 46.5 Å². The SMILES string of the molecule is Cc1cc(N=C=O)cc(C)c1-c1c(C)cc(N=C=O)cc1C. The molecule has 0 amide bonds. The molecular weight excluding hydrogens is 276 g/mol. The summed E-state index contributed by atoms with van der Waals surface area (Å²) in [6.07, 6.45) is 3.14. The Bertz CT molecular complexity index is 723. The van der Waals surface area contributed by atoms with Gasteiger partial charge in [-0.15, -0.1) is 0 Å². The van der Waals surface area contributed by atoms with Gasteiger partial charge in [-0.2, -0.15) is 9.98 Å². The maximum absolute atomic E-state index is 10.4. The molecule has 0 radical (unpaired) electrons. The van der Waals surface area contributed by atoms with Crippen LogP contribution in [0.1, 0.15) is 22.3 Å². The molecule has 0 fully saturated rings. The van der Waals surface area contributed by atoms with E-state index < -0.39 is 0 Å². The van der Waals surface area contributed by atoms with Crippen molar-refractivity contribution >= 4 is 23.5 Å². The molecule has 4 heteroatoms. The number of rotatable bonds is 3. The Kier molecular flexibility index (Phi) is 4.47. The van der Waals surface area contributed by atoms with Crippen molar-refractivity contribution in [1.29, 1.82) is 0 Å². The number of hydrogen-bond acceptors (Lipinski definition) is 4. The second-order valence-corrected chi connectivity index (χ2v) is 5.32. The summed E-state index contributed by atoms with van der Waals surface area (Å²) in [7, 11) is 0. The van der Waals surface area contributed by atoms with Gasteiger partial charge in [-0.25, -0.2) is 9.59 Å². The number of nitrogens with zero attached hydrogens (tertiary/aromatic N) is 2. The molecule has 0 bridgehead atoms. The molecule has 2 aromatic rings. The van der Waals surface area contributed by atoms with Crippen molar-refractivity contribution in [3.63, 3.8) is 0 Å². The minimum atomic E-state index is 0.603. The molecule has 0 saturated carbocycles. The zero-order valence-corrected chi connectivity index (χ0v) is 13.0. The Morgan fingerprint density at radius 1 is 0.636 bits per heavy atom. The van der Waals surface area contributed by atoms with Gasteiger partial charge in [0.25, 0.3) is 0 Å². The summed E-state index contributed by atoms with van der Waals surface area (Å²) >= 11 is 0. The maximum atomic E-state index is 10.4. The first-order valence-electron chi connectivity index (χ1n) is 6.86. The minimum Gasteiger partial charge on any atom is -0.211 e. The van der Waals surface area contributed by atoms with Crippen molar-refractivity contribution in [2.24, 2.45) is 9.98 Å². The zero-order valence-electron chi connectivity index (χ0n) is 13.0. The van der Waals surface area contributed by atoms with Gasteiger partial charge in [-0.05, 0) is 85.3 Å². The van der Waals surface area contributed by atoms with Crippen LogP contribution < -0.4 is 0 Å². The number of aliphatic imine (C=N–C) groups is 2. The predicted molar refractivity (Wildman–Crippen MR) is 86.4 cm³/mol. The van der Waals surface area contributed by atoms with Crippen LogP contribution in [-0.4, -0.2) is 12.2 Å². The molecule has 22 heavy (non-hydrogen) atoms. The summed E-state index contributed by atoms with van der Waals surface area (Å²) in [4.78, 5) is 28.2. The second kappa shape index (κ2) is 6.31. The molecule has 0 aromatic heterocycles. The number of benzene rings is 2. The number of hydrogen-bond donors (Lipinski definition) is 0. The molecule has 0 spiro atoms. The van der Waals surface area contributed by atoms with Crippen LogP contribution in [0.25, 0.3) is 11.1 Å². The van der Waals surface area contributed by atoms with Crippen molar-refractivity contribution < 1.29 is 9.59 Å². The van der Waals surface area contributed by atoms with Crippen molar-refractivity contribution in [3.8, 4) is 11.1 Å². The fourth-order valence-corrected chi connectivity index (χ4v) is 2.90. The second-order valence-electron chi connectivity index (χ2n) is 5.32. The van der Waals surface area contributed by atoms with Crippen molar-refractivity contribution in [2.45, 2.75) is 27.7 Å².